The zero-order chi connectivity index (χ0) is 16.1. The Labute approximate surface area is 139 Å². The minimum absolute atomic E-state index is 0.802. The molecule has 2 aliphatic heterocycles. The number of nitrogens with zero attached hydrogens (tertiary/aromatic N) is 3. The zero-order valence-corrected chi connectivity index (χ0v) is 14.3. The largest absolute Gasteiger partial charge is 0.378 e. The quantitative estimate of drug-likeness (QED) is 0.907. The van der Waals surface area contributed by atoms with Gasteiger partial charge in [-0.25, -0.2) is 0 Å². The summed E-state index contributed by atoms with van der Waals surface area (Å²) < 4.78 is 5.49. The van der Waals surface area contributed by atoms with Gasteiger partial charge in [0.1, 0.15) is 0 Å². The molecule has 0 bridgehead atoms. The topological polar surface area (TPSA) is 40.1 Å². The van der Waals surface area contributed by atoms with Crippen LogP contribution in [0.1, 0.15) is 25.3 Å². The van der Waals surface area contributed by atoms with Gasteiger partial charge in [0.05, 0.1) is 31.1 Å². The highest BCUT2D eigenvalue weighted by atomic mass is 16.5. The van der Waals surface area contributed by atoms with Crippen LogP contribution in [0.25, 0.3) is 0 Å². The van der Waals surface area contributed by atoms with E-state index in [0.717, 1.165) is 57.6 Å². The molecular formula is C18H28N4O. The lowest BCUT2D eigenvalue weighted by atomic mass is 10.1. The SMILES string of the molecule is CCCCN1CCN=C1Nc1cc(C)ccc1N1CCOCC1. The van der Waals surface area contributed by atoms with Gasteiger partial charge in [-0.2, -0.15) is 0 Å². The molecule has 1 N–H and O–H groups in total. The number of anilines is 2. The van der Waals surface area contributed by atoms with E-state index in [-0.39, 0.29) is 0 Å². The third kappa shape index (κ3) is 3.96. The second kappa shape index (κ2) is 7.68. The second-order valence-corrected chi connectivity index (χ2v) is 6.29. The van der Waals surface area contributed by atoms with E-state index in [2.05, 4.69) is 52.2 Å². The van der Waals surface area contributed by atoms with Crippen molar-refractivity contribution in [1.82, 2.24) is 4.90 Å². The molecule has 2 heterocycles. The zero-order valence-electron chi connectivity index (χ0n) is 14.3. The maximum absolute atomic E-state index is 5.49. The molecule has 0 unspecified atom stereocenters. The highest BCUT2D eigenvalue weighted by Crippen LogP contribution is 2.28. The number of guanidine groups is 1. The Morgan fingerprint density at radius 1 is 1.22 bits per heavy atom. The Morgan fingerprint density at radius 2 is 2.04 bits per heavy atom. The number of aryl methyl sites for hydroxylation is 1. The fourth-order valence-electron chi connectivity index (χ4n) is 3.12. The summed E-state index contributed by atoms with van der Waals surface area (Å²) in [6.45, 7) is 10.9. The van der Waals surface area contributed by atoms with Crippen LogP contribution in [0.3, 0.4) is 0 Å². The van der Waals surface area contributed by atoms with Gasteiger partial charge < -0.3 is 19.9 Å². The highest BCUT2D eigenvalue weighted by Gasteiger charge is 2.20. The monoisotopic (exact) mass is 316 g/mol. The van der Waals surface area contributed by atoms with Crippen molar-refractivity contribution in [3.63, 3.8) is 0 Å². The Morgan fingerprint density at radius 3 is 2.83 bits per heavy atom. The first-order valence-electron chi connectivity index (χ1n) is 8.77. The van der Waals surface area contributed by atoms with Crippen LogP contribution in [0.4, 0.5) is 11.4 Å². The van der Waals surface area contributed by atoms with Crippen molar-refractivity contribution >= 4 is 17.3 Å². The van der Waals surface area contributed by atoms with E-state index in [9.17, 15) is 0 Å². The van der Waals surface area contributed by atoms with Gasteiger partial charge in [-0.15, -0.1) is 0 Å². The van der Waals surface area contributed by atoms with E-state index in [1.54, 1.807) is 0 Å². The van der Waals surface area contributed by atoms with E-state index < -0.39 is 0 Å². The molecule has 0 amide bonds. The summed E-state index contributed by atoms with van der Waals surface area (Å²) in [6.07, 6.45) is 2.43. The van der Waals surface area contributed by atoms with Crippen molar-refractivity contribution in [3.8, 4) is 0 Å². The molecule has 126 valence electrons. The van der Waals surface area contributed by atoms with Crippen molar-refractivity contribution in [2.24, 2.45) is 4.99 Å². The Balaban J connectivity index is 1.77. The fraction of sp³-hybridized carbons (Fsp3) is 0.611. The first kappa shape index (κ1) is 16.1. The molecule has 0 saturated carbocycles. The predicted octanol–water partition coefficient (Wildman–Crippen LogP) is 2.72. The number of ether oxygens (including phenoxy) is 1. The lowest BCUT2D eigenvalue weighted by Gasteiger charge is -2.31. The van der Waals surface area contributed by atoms with Gasteiger partial charge in [0.25, 0.3) is 0 Å². The van der Waals surface area contributed by atoms with Crippen LogP contribution >= 0.6 is 0 Å². The lowest BCUT2D eigenvalue weighted by Crippen LogP contribution is -2.38. The van der Waals surface area contributed by atoms with Crippen molar-refractivity contribution in [3.05, 3.63) is 23.8 Å². The van der Waals surface area contributed by atoms with Crippen molar-refractivity contribution in [1.29, 1.82) is 0 Å². The molecule has 3 rings (SSSR count). The van der Waals surface area contributed by atoms with Gasteiger partial charge in [0, 0.05) is 26.2 Å². The summed E-state index contributed by atoms with van der Waals surface area (Å²) in [7, 11) is 0. The molecule has 1 aromatic rings. The number of aliphatic imine (C=N–C) groups is 1. The van der Waals surface area contributed by atoms with Gasteiger partial charge >= 0.3 is 0 Å². The first-order valence-corrected chi connectivity index (χ1v) is 8.77. The van der Waals surface area contributed by atoms with Crippen molar-refractivity contribution < 1.29 is 4.74 Å². The molecule has 1 fully saturated rings. The van der Waals surface area contributed by atoms with Crippen LogP contribution in [-0.2, 0) is 4.74 Å². The summed E-state index contributed by atoms with van der Waals surface area (Å²) in [5, 5.41) is 3.60. The molecule has 0 atom stereocenters. The maximum Gasteiger partial charge on any atom is 0.198 e. The van der Waals surface area contributed by atoms with E-state index in [1.807, 2.05) is 0 Å². The summed E-state index contributed by atoms with van der Waals surface area (Å²) >= 11 is 0. The molecule has 5 heteroatoms. The van der Waals surface area contributed by atoms with Gasteiger partial charge in [-0.3, -0.25) is 4.99 Å². The average molecular weight is 316 g/mol. The van der Waals surface area contributed by atoms with Crippen LogP contribution in [-0.4, -0.2) is 56.8 Å². The minimum atomic E-state index is 0.802. The van der Waals surface area contributed by atoms with Gasteiger partial charge in [-0.05, 0) is 31.0 Å². The van der Waals surface area contributed by atoms with Crippen LogP contribution < -0.4 is 10.2 Å². The Hall–Kier alpha value is -1.75. The molecule has 23 heavy (non-hydrogen) atoms. The minimum Gasteiger partial charge on any atom is -0.378 e. The lowest BCUT2D eigenvalue weighted by molar-refractivity contribution is 0.123. The Bertz CT molecular complexity index is 552. The summed E-state index contributed by atoms with van der Waals surface area (Å²) in [5.41, 5.74) is 3.68. The maximum atomic E-state index is 5.49. The molecule has 2 aliphatic rings. The first-order chi connectivity index (χ1) is 11.3. The van der Waals surface area contributed by atoms with E-state index in [0.29, 0.717) is 0 Å². The van der Waals surface area contributed by atoms with Crippen molar-refractivity contribution in [2.45, 2.75) is 26.7 Å². The number of morpholine rings is 1. The third-order valence-corrected chi connectivity index (χ3v) is 4.46. The fourth-order valence-corrected chi connectivity index (χ4v) is 3.12. The van der Waals surface area contributed by atoms with Crippen molar-refractivity contribution in [2.75, 3.05) is 56.2 Å². The number of nitrogens with one attached hydrogen (secondary N) is 1. The highest BCUT2D eigenvalue weighted by molar-refractivity contribution is 5.97. The number of unbranched alkanes of at least 4 members (excludes halogenated alkanes) is 1. The molecule has 0 radical (unpaired) electrons. The van der Waals surface area contributed by atoms with Gasteiger partial charge in [0.2, 0.25) is 0 Å². The number of hydrogen-bond donors (Lipinski definition) is 1. The standard InChI is InChI=1S/C18H28N4O/c1-3-4-8-22-9-7-19-18(22)20-16-14-15(2)5-6-17(16)21-10-12-23-13-11-21/h5-6,14H,3-4,7-13H2,1-2H3,(H,19,20). The molecule has 5 nitrogen and oxygen atoms in total. The van der Waals surface area contributed by atoms with E-state index >= 15 is 0 Å². The van der Waals surface area contributed by atoms with Crippen LogP contribution in [0.2, 0.25) is 0 Å². The molecule has 1 aromatic carbocycles. The van der Waals surface area contributed by atoms with Crippen LogP contribution in [0, 0.1) is 6.92 Å². The molecule has 1 saturated heterocycles. The summed E-state index contributed by atoms with van der Waals surface area (Å²) in [6, 6.07) is 6.62. The number of hydrogen-bond acceptors (Lipinski definition) is 5. The summed E-state index contributed by atoms with van der Waals surface area (Å²) in [4.78, 5) is 9.44. The van der Waals surface area contributed by atoms with Gasteiger partial charge in [-0.1, -0.05) is 19.4 Å². The molecule has 0 aliphatic carbocycles. The third-order valence-electron chi connectivity index (χ3n) is 4.46. The molecule has 0 aromatic heterocycles. The van der Waals surface area contributed by atoms with Gasteiger partial charge in [0.15, 0.2) is 5.96 Å². The smallest absolute Gasteiger partial charge is 0.198 e. The second-order valence-electron chi connectivity index (χ2n) is 6.29. The van der Waals surface area contributed by atoms with E-state index in [1.165, 1.54) is 24.1 Å². The molecular weight excluding hydrogens is 288 g/mol. The summed E-state index contributed by atoms with van der Waals surface area (Å²) in [5.74, 6) is 1.03. The van der Waals surface area contributed by atoms with E-state index in [4.69, 9.17) is 4.74 Å². The average Bonchev–Trinajstić information content (AvgIpc) is 3.01. The molecule has 0 spiro atoms. The number of rotatable bonds is 5. The predicted molar refractivity (Wildman–Crippen MR) is 96.6 cm³/mol. The normalized spacial score (nSPS) is 18.3. The Kier molecular flexibility index (Phi) is 5.39. The number of benzene rings is 1. The van der Waals surface area contributed by atoms with Crippen LogP contribution in [0.15, 0.2) is 23.2 Å². The van der Waals surface area contributed by atoms with Crippen LogP contribution in [0.5, 0.6) is 0 Å².